The maximum Gasteiger partial charge on any atom is 0.326 e. The Balaban J connectivity index is 2.48. The fraction of sp³-hybridized carbons (Fsp3) is 0.364. The first-order valence-corrected chi connectivity index (χ1v) is 5.32. The van der Waals surface area contributed by atoms with Gasteiger partial charge in [-0.3, -0.25) is 4.98 Å². The van der Waals surface area contributed by atoms with Crippen LogP contribution in [-0.4, -0.2) is 41.8 Å². The first kappa shape index (κ1) is 13.9. The van der Waals surface area contributed by atoms with Gasteiger partial charge in [-0.15, -0.1) is 0 Å². The quantitative estimate of drug-likeness (QED) is 0.692. The van der Waals surface area contributed by atoms with Crippen LogP contribution in [0.2, 0.25) is 0 Å². The number of aromatic nitrogens is 1. The molecule has 3 N–H and O–H groups in total. The van der Waals surface area contributed by atoms with E-state index in [1.165, 1.54) is 13.3 Å². The highest BCUT2D eigenvalue weighted by Crippen LogP contribution is 2.02. The summed E-state index contributed by atoms with van der Waals surface area (Å²) in [5, 5.41) is 13.7. The maximum absolute atomic E-state index is 11.5. The summed E-state index contributed by atoms with van der Waals surface area (Å²) >= 11 is 0. The van der Waals surface area contributed by atoms with Crippen molar-refractivity contribution in [1.82, 2.24) is 10.3 Å². The second kappa shape index (κ2) is 7.23. The van der Waals surface area contributed by atoms with E-state index < -0.39 is 18.0 Å². The summed E-state index contributed by atoms with van der Waals surface area (Å²) in [5.41, 5.74) is 0.492. The highest BCUT2D eigenvalue weighted by molar-refractivity contribution is 5.92. The SMILES string of the molecule is COCCC(NC(=O)Nc1cccnc1)C(=O)O. The molecule has 0 saturated carbocycles. The Kier molecular flexibility index (Phi) is 5.59. The van der Waals surface area contributed by atoms with Crippen LogP contribution in [0.5, 0.6) is 0 Å². The minimum Gasteiger partial charge on any atom is -0.480 e. The number of carboxylic acids is 1. The summed E-state index contributed by atoms with van der Waals surface area (Å²) in [7, 11) is 1.47. The third-order valence-electron chi connectivity index (χ3n) is 2.13. The molecule has 7 nitrogen and oxygen atoms in total. The molecule has 1 rings (SSSR count). The van der Waals surface area contributed by atoms with E-state index in [-0.39, 0.29) is 13.0 Å². The van der Waals surface area contributed by atoms with Crippen LogP contribution < -0.4 is 10.6 Å². The molecule has 2 amide bonds. The molecule has 1 aromatic rings. The molecule has 1 atom stereocenters. The fourth-order valence-corrected chi connectivity index (χ4v) is 1.26. The van der Waals surface area contributed by atoms with Crippen molar-refractivity contribution >= 4 is 17.7 Å². The number of anilines is 1. The van der Waals surface area contributed by atoms with Gasteiger partial charge in [0.25, 0.3) is 0 Å². The Labute approximate surface area is 104 Å². The molecule has 7 heteroatoms. The molecule has 0 aliphatic rings. The Morgan fingerprint density at radius 2 is 2.33 bits per heavy atom. The topological polar surface area (TPSA) is 101 Å². The van der Waals surface area contributed by atoms with Gasteiger partial charge in [0.1, 0.15) is 6.04 Å². The van der Waals surface area contributed by atoms with Crippen molar-refractivity contribution in [1.29, 1.82) is 0 Å². The van der Waals surface area contributed by atoms with E-state index in [2.05, 4.69) is 15.6 Å². The largest absolute Gasteiger partial charge is 0.480 e. The van der Waals surface area contributed by atoms with Crippen LogP contribution >= 0.6 is 0 Å². The van der Waals surface area contributed by atoms with Crippen molar-refractivity contribution in [3.63, 3.8) is 0 Å². The lowest BCUT2D eigenvalue weighted by molar-refractivity contribution is -0.139. The predicted octanol–water partition coefficient (Wildman–Crippen LogP) is 0.693. The number of urea groups is 1. The molecule has 1 heterocycles. The van der Waals surface area contributed by atoms with Crippen molar-refractivity contribution in [2.24, 2.45) is 0 Å². The molecule has 0 bridgehead atoms. The molecule has 0 saturated heterocycles. The lowest BCUT2D eigenvalue weighted by atomic mass is 10.2. The zero-order valence-electron chi connectivity index (χ0n) is 9.92. The van der Waals surface area contributed by atoms with Crippen LogP contribution in [0.4, 0.5) is 10.5 Å². The molecule has 0 aliphatic carbocycles. The van der Waals surface area contributed by atoms with Crippen LogP contribution in [0.25, 0.3) is 0 Å². The molecular weight excluding hydrogens is 238 g/mol. The van der Waals surface area contributed by atoms with Gasteiger partial charge in [-0.1, -0.05) is 0 Å². The lowest BCUT2D eigenvalue weighted by Crippen LogP contribution is -2.43. The van der Waals surface area contributed by atoms with Gasteiger partial charge >= 0.3 is 12.0 Å². The number of carbonyl (C=O) groups is 2. The summed E-state index contributed by atoms with van der Waals surface area (Å²) in [4.78, 5) is 26.2. The predicted molar refractivity (Wildman–Crippen MR) is 64.3 cm³/mol. The molecule has 1 unspecified atom stereocenters. The van der Waals surface area contributed by atoms with Crippen LogP contribution in [0.3, 0.4) is 0 Å². The van der Waals surface area contributed by atoms with Crippen molar-refractivity contribution < 1.29 is 19.4 Å². The minimum atomic E-state index is -1.10. The van der Waals surface area contributed by atoms with E-state index in [1.54, 1.807) is 18.3 Å². The molecule has 0 radical (unpaired) electrons. The Morgan fingerprint density at radius 1 is 1.56 bits per heavy atom. The van der Waals surface area contributed by atoms with Gasteiger partial charge in [0.05, 0.1) is 11.9 Å². The number of methoxy groups -OCH3 is 1. The first-order valence-electron chi connectivity index (χ1n) is 5.32. The summed E-state index contributed by atoms with van der Waals surface area (Å²) < 4.78 is 4.78. The number of nitrogens with zero attached hydrogens (tertiary/aromatic N) is 1. The average Bonchev–Trinajstić information content (AvgIpc) is 2.35. The van der Waals surface area contributed by atoms with E-state index >= 15 is 0 Å². The molecule has 98 valence electrons. The summed E-state index contributed by atoms with van der Waals surface area (Å²) in [6, 6.07) is 1.74. The van der Waals surface area contributed by atoms with Crippen molar-refractivity contribution in [3.05, 3.63) is 24.5 Å². The van der Waals surface area contributed by atoms with E-state index in [9.17, 15) is 9.59 Å². The van der Waals surface area contributed by atoms with Gasteiger partial charge in [-0.05, 0) is 12.1 Å². The minimum absolute atomic E-state index is 0.201. The Bertz CT molecular complexity index is 397. The smallest absolute Gasteiger partial charge is 0.326 e. The highest BCUT2D eigenvalue weighted by atomic mass is 16.5. The number of carbonyl (C=O) groups excluding carboxylic acids is 1. The third kappa shape index (κ3) is 4.79. The van der Waals surface area contributed by atoms with Gasteiger partial charge < -0.3 is 20.5 Å². The first-order chi connectivity index (χ1) is 8.63. The zero-order chi connectivity index (χ0) is 13.4. The third-order valence-corrected chi connectivity index (χ3v) is 2.13. The highest BCUT2D eigenvalue weighted by Gasteiger charge is 2.19. The summed E-state index contributed by atoms with van der Waals surface area (Å²) in [5.74, 6) is -1.10. The summed E-state index contributed by atoms with van der Waals surface area (Å²) in [6.07, 6.45) is 3.23. The van der Waals surface area contributed by atoms with Crippen molar-refractivity contribution in [3.8, 4) is 0 Å². The number of hydrogen-bond donors (Lipinski definition) is 3. The Hall–Kier alpha value is -2.15. The standard InChI is InChI=1S/C11H15N3O4/c1-18-6-4-9(10(15)16)14-11(17)13-8-3-2-5-12-7-8/h2-3,5,7,9H,4,6H2,1H3,(H,15,16)(H2,13,14,17). The van der Waals surface area contributed by atoms with Crippen LogP contribution in [0.1, 0.15) is 6.42 Å². The van der Waals surface area contributed by atoms with Crippen LogP contribution in [0, 0.1) is 0 Å². The number of aliphatic carboxylic acids is 1. The fourth-order valence-electron chi connectivity index (χ4n) is 1.26. The van der Waals surface area contributed by atoms with Crippen LogP contribution in [-0.2, 0) is 9.53 Å². The molecular formula is C11H15N3O4. The van der Waals surface area contributed by atoms with E-state index in [4.69, 9.17) is 9.84 Å². The molecule has 0 fully saturated rings. The second-order valence-corrected chi connectivity index (χ2v) is 3.51. The van der Waals surface area contributed by atoms with Gasteiger partial charge in [0.15, 0.2) is 0 Å². The number of amides is 2. The number of carboxylic acid groups (broad SMARTS) is 1. The monoisotopic (exact) mass is 253 g/mol. The molecule has 0 aliphatic heterocycles. The number of hydrogen-bond acceptors (Lipinski definition) is 4. The van der Waals surface area contributed by atoms with Crippen molar-refractivity contribution in [2.75, 3.05) is 19.0 Å². The number of nitrogens with one attached hydrogen (secondary N) is 2. The Morgan fingerprint density at radius 3 is 2.89 bits per heavy atom. The van der Waals surface area contributed by atoms with Crippen LogP contribution in [0.15, 0.2) is 24.5 Å². The van der Waals surface area contributed by atoms with Crippen molar-refractivity contribution in [2.45, 2.75) is 12.5 Å². The van der Waals surface area contributed by atoms with Gasteiger partial charge in [-0.25, -0.2) is 9.59 Å². The van der Waals surface area contributed by atoms with E-state index in [0.29, 0.717) is 5.69 Å². The molecule has 0 aromatic carbocycles. The van der Waals surface area contributed by atoms with Gasteiger partial charge in [0, 0.05) is 26.3 Å². The maximum atomic E-state index is 11.5. The number of pyridine rings is 1. The summed E-state index contributed by atoms with van der Waals surface area (Å²) in [6.45, 7) is 0.254. The molecule has 1 aromatic heterocycles. The average molecular weight is 253 g/mol. The lowest BCUT2D eigenvalue weighted by Gasteiger charge is -2.14. The molecule has 0 spiro atoms. The van der Waals surface area contributed by atoms with Gasteiger partial charge in [-0.2, -0.15) is 0 Å². The zero-order valence-corrected chi connectivity index (χ0v) is 9.92. The number of ether oxygens (including phenoxy) is 1. The normalized spacial score (nSPS) is 11.6. The van der Waals surface area contributed by atoms with E-state index in [0.717, 1.165) is 0 Å². The number of rotatable bonds is 6. The molecule has 18 heavy (non-hydrogen) atoms. The second-order valence-electron chi connectivity index (χ2n) is 3.51. The van der Waals surface area contributed by atoms with E-state index in [1.807, 2.05) is 0 Å². The van der Waals surface area contributed by atoms with Gasteiger partial charge in [0.2, 0.25) is 0 Å².